The smallest absolute Gasteiger partial charge is 0.209 e. The summed E-state index contributed by atoms with van der Waals surface area (Å²) >= 11 is 0. The van der Waals surface area contributed by atoms with Crippen LogP contribution in [0.15, 0.2) is 48.7 Å². The fourth-order valence-corrected chi connectivity index (χ4v) is 3.62. The lowest BCUT2D eigenvalue weighted by Crippen LogP contribution is -2.33. The van der Waals surface area contributed by atoms with E-state index in [4.69, 9.17) is 9.72 Å². The molecule has 0 N–H and O–H groups in total. The molecule has 1 amide bonds. The van der Waals surface area contributed by atoms with Crippen LogP contribution in [0.5, 0.6) is 5.75 Å². The van der Waals surface area contributed by atoms with Crippen LogP contribution in [0.25, 0.3) is 16.8 Å². The number of piperidine rings is 1. The summed E-state index contributed by atoms with van der Waals surface area (Å²) in [6.45, 7) is 1.58. The van der Waals surface area contributed by atoms with Crippen molar-refractivity contribution in [1.82, 2.24) is 14.3 Å². The van der Waals surface area contributed by atoms with Gasteiger partial charge in [0.15, 0.2) is 0 Å². The van der Waals surface area contributed by atoms with Crippen molar-refractivity contribution in [3.8, 4) is 17.0 Å². The molecule has 1 saturated heterocycles. The topological polar surface area (TPSA) is 46.8 Å². The van der Waals surface area contributed by atoms with E-state index in [0.717, 1.165) is 60.7 Å². The van der Waals surface area contributed by atoms with E-state index in [-0.39, 0.29) is 5.92 Å². The predicted molar refractivity (Wildman–Crippen MR) is 96.8 cm³/mol. The molecule has 3 heterocycles. The third kappa shape index (κ3) is 2.86. The molecule has 1 atom stereocenters. The van der Waals surface area contributed by atoms with Gasteiger partial charge in [0.05, 0.1) is 18.3 Å². The normalized spacial score (nSPS) is 17.6. The van der Waals surface area contributed by atoms with Crippen LogP contribution in [-0.2, 0) is 4.79 Å². The fraction of sp³-hybridized carbons (Fsp3) is 0.300. The number of hydrogen-bond acceptors (Lipinski definition) is 3. The molecule has 0 spiro atoms. The first kappa shape index (κ1) is 15.7. The maximum Gasteiger partial charge on any atom is 0.209 e. The number of likely N-dealkylation sites (tertiary alicyclic amines) is 1. The molecule has 25 heavy (non-hydrogen) atoms. The Hall–Kier alpha value is -2.82. The Kier molecular flexibility index (Phi) is 4.14. The van der Waals surface area contributed by atoms with Crippen LogP contribution in [0.4, 0.5) is 0 Å². The van der Waals surface area contributed by atoms with Crippen LogP contribution in [-0.4, -0.2) is 40.9 Å². The molecule has 1 aromatic carbocycles. The van der Waals surface area contributed by atoms with Crippen molar-refractivity contribution < 1.29 is 9.53 Å². The number of nitrogens with zero attached hydrogens (tertiary/aromatic N) is 3. The maximum absolute atomic E-state index is 11.2. The molecule has 0 radical (unpaired) electrons. The number of carbonyl (C=O) groups is 1. The average Bonchev–Trinajstić information content (AvgIpc) is 3.08. The van der Waals surface area contributed by atoms with Crippen molar-refractivity contribution in [2.45, 2.75) is 18.8 Å². The number of imidazole rings is 1. The highest BCUT2D eigenvalue weighted by Crippen LogP contribution is 2.32. The molecule has 1 fully saturated rings. The Morgan fingerprint density at radius 3 is 2.80 bits per heavy atom. The van der Waals surface area contributed by atoms with Gasteiger partial charge in [-0.05, 0) is 49.2 Å². The molecular weight excluding hydrogens is 314 g/mol. The van der Waals surface area contributed by atoms with E-state index in [1.807, 2.05) is 41.3 Å². The summed E-state index contributed by atoms with van der Waals surface area (Å²) in [7, 11) is 1.67. The van der Waals surface area contributed by atoms with Gasteiger partial charge >= 0.3 is 0 Å². The van der Waals surface area contributed by atoms with Gasteiger partial charge in [0.25, 0.3) is 0 Å². The number of rotatable bonds is 4. The number of hydrogen-bond donors (Lipinski definition) is 0. The van der Waals surface area contributed by atoms with Crippen molar-refractivity contribution in [3.63, 3.8) is 0 Å². The first-order chi connectivity index (χ1) is 12.3. The van der Waals surface area contributed by atoms with Crippen LogP contribution in [0, 0.1) is 0 Å². The number of pyridine rings is 1. The zero-order valence-electron chi connectivity index (χ0n) is 14.3. The molecule has 1 aliphatic heterocycles. The maximum atomic E-state index is 11.2. The molecule has 3 aromatic rings. The molecule has 5 nitrogen and oxygen atoms in total. The van der Waals surface area contributed by atoms with Crippen LogP contribution in [0.2, 0.25) is 0 Å². The predicted octanol–water partition coefficient (Wildman–Crippen LogP) is 3.35. The minimum absolute atomic E-state index is 0.265. The van der Waals surface area contributed by atoms with E-state index in [9.17, 15) is 4.79 Å². The second-order valence-corrected chi connectivity index (χ2v) is 6.44. The molecule has 1 unspecified atom stereocenters. The van der Waals surface area contributed by atoms with Gasteiger partial charge in [0.2, 0.25) is 6.41 Å². The lowest BCUT2D eigenvalue weighted by Gasteiger charge is -2.29. The first-order valence-electron chi connectivity index (χ1n) is 8.61. The Bertz CT molecular complexity index is 886. The van der Waals surface area contributed by atoms with E-state index in [0.29, 0.717) is 0 Å². The van der Waals surface area contributed by atoms with Gasteiger partial charge < -0.3 is 14.0 Å². The van der Waals surface area contributed by atoms with Gasteiger partial charge in [-0.1, -0.05) is 6.07 Å². The highest BCUT2D eigenvalue weighted by molar-refractivity contribution is 5.78. The van der Waals surface area contributed by atoms with Crippen LogP contribution < -0.4 is 4.74 Å². The summed E-state index contributed by atoms with van der Waals surface area (Å²) in [6.07, 6.45) is 5.08. The van der Waals surface area contributed by atoms with Crippen molar-refractivity contribution >= 4 is 11.9 Å². The molecule has 0 aliphatic carbocycles. The second kappa shape index (κ2) is 6.59. The Balaban J connectivity index is 1.79. The molecule has 0 saturated carbocycles. The number of fused-ring (bicyclic) bond motifs is 1. The minimum atomic E-state index is 0.265. The minimum Gasteiger partial charge on any atom is -0.497 e. The summed E-state index contributed by atoms with van der Waals surface area (Å²) < 4.78 is 7.42. The molecule has 1 aliphatic rings. The van der Waals surface area contributed by atoms with Crippen LogP contribution >= 0.6 is 0 Å². The van der Waals surface area contributed by atoms with E-state index in [2.05, 4.69) is 16.7 Å². The van der Waals surface area contributed by atoms with Crippen molar-refractivity contribution in [3.05, 3.63) is 54.5 Å². The van der Waals surface area contributed by atoms with Crippen LogP contribution in [0.1, 0.15) is 24.6 Å². The van der Waals surface area contributed by atoms with E-state index < -0.39 is 0 Å². The van der Waals surface area contributed by atoms with Gasteiger partial charge in [-0.3, -0.25) is 4.79 Å². The summed E-state index contributed by atoms with van der Waals surface area (Å²) in [4.78, 5) is 18.0. The quantitative estimate of drug-likeness (QED) is 0.687. The van der Waals surface area contributed by atoms with E-state index >= 15 is 0 Å². The molecule has 2 aromatic heterocycles. The van der Waals surface area contributed by atoms with E-state index in [1.54, 1.807) is 7.11 Å². The summed E-state index contributed by atoms with van der Waals surface area (Å²) in [5.74, 6) is 2.13. The largest absolute Gasteiger partial charge is 0.497 e. The van der Waals surface area contributed by atoms with Crippen molar-refractivity contribution in [2.75, 3.05) is 20.2 Å². The number of carbonyl (C=O) groups excluding carboxylic acids is 1. The lowest BCUT2D eigenvalue weighted by atomic mass is 9.97. The monoisotopic (exact) mass is 335 g/mol. The van der Waals surface area contributed by atoms with Gasteiger partial charge in [-0.25, -0.2) is 4.98 Å². The molecule has 128 valence electrons. The highest BCUT2D eigenvalue weighted by atomic mass is 16.5. The van der Waals surface area contributed by atoms with Gasteiger partial charge in [-0.15, -0.1) is 0 Å². The average molecular weight is 335 g/mol. The first-order valence-corrected chi connectivity index (χ1v) is 8.61. The molecular formula is C20H21N3O2. The van der Waals surface area contributed by atoms with Gasteiger partial charge in [0.1, 0.15) is 11.6 Å². The summed E-state index contributed by atoms with van der Waals surface area (Å²) in [6, 6.07) is 14.1. The lowest BCUT2D eigenvalue weighted by molar-refractivity contribution is -0.119. The summed E-state index contributed by atoms with van der Waals surface area (Å²) in [5.41, 5.74) is 3.13. The fourth-order valence-electron chi connectivity index (χ4n) is 3.62. The Morgan fingerprint density at radius 2 is 2.04 bits per heavy atom. The molecule has 5 heteroatoms. The third-order valence-electron chi connectivity index (χ3n) is 4.91. The van der Waals surface area contributed by atoms with Gasteiger partial charge in [-0.2, -0.15) is 0 Å². The van der Waals surface area contributed by atoms with Crippen LogP contribution in [0.3, 0.4) is 0 Å². The standard InChI is InChI=1S/C20H21N3O2/c1-25-17-9-7-15(8-10-17)19-18-6-2-3-12-23(18)20(21-19)16-5-4-11-22(13-16)14-24/h2-3,6-10,12,14,16H,4-5,11,13H2,1H3. The van der Waals surface area contributed by atoms with E-state index in [1.165, 1.54) is 0 Å². The van der Waals surface area contributed by atoms with Crippen molar-refractivity contribution in [1.29, 1.82) is 0 Å². The molecule has 4 rings (SSSR count). The number of benzene rings is 1. The number of ether oxygens (including phenoxy) is 1. The zero-order chi connectivity index (χ0) is 17.2. The number of amides is 1. The van der Waals surface area contributed by atoms with Crippen molar-refractivity contribution in [2.24, 2.45) is 0 Å². The summed E-state index contributed by atoms with van der Waals surface area (Å²) in [5, 5.41) is 0. The second-order valence-electron chi connectivity index (χ2n) is 6.44. The Labute approximate surface area is 146 Å². The Morgan fingerprint density at radius 1 is 1.20 bits per heavy atom. The third-order valence-corrected chi connectivity index (χ3v) is 4.91. The van der Waals surface area contributed by atoms with Gasteiger partial charge in [0, 0.05) is 30.8 Å². The zero-order valence-corrected chi connectivity index (χ0v) is 14.3. The highest BCUT2D eigenvalue weighted by Gasteiger charge is 2.25. The SMILES string of the molecule is COc1ccc(-c2nc(C3CCCN(C=O)C3)n3ccccc23)cc1. The number of methoxy groups -OCH3 is 1. The number of aromatic nitrogens is 2. The molecule has 0 bridgehead atoms.